The molecule has 0 saturated heterocycles. The zero-order valence-corrected chi connectivity index (χ0v) is 9.18. The summed E-state index contributed by atoms with van der Waals surface area (Å²) >= 11 is 0. The van der Waals surface area contributed by atoms with E-state index in [2.05, 4.69) is 17.4 Å². The predicted octanol–water partition coefficient (Wildman–Crippen LogP) is 2.32. The molecule has 0 aliphatic carbocycles. The van der Waals surface area contributed by atoms with E-state index in [9.17, 15) is 4.79 Å². The molecule has 2 heteroatoms. The standard InChI is InChI=1S/C13H17NO/c1-2-3-13(15)11-5-4-10-6-7-14-9-12(10)8-11/h4-5,8,14H,2-3,6-7,9H2,1H3. The van der Waals surface area contributed by atoms with Crippen molar-refractivity contribution >= 4 is 5.78 Å². The fourth-order valence-corrected chi connectivity index (χ4v) is 2.03. The monoisotopic (exact) mass is 203 g/mol. The molecule has 0 fully saturated rings. The summed E-state index contributed by atoms with van der Waals surface area (Å²) in [5, 5.41) is 3.33. The summed E-state index contributed by atoms with van der Waals surface area (Å²) in [6, 6.07) is 6.14. The minimum absolute atomic E-state index is 0.269. The molecule has 2 nitrogen and oxygen atoms in total. The van der Waals surface area contributed by atoms with E-state index in [4.69, 9.17) is 0 Å². The number of ketones is 1. The maximum Gasteiger partial charge on any atom is 0.162 e. The number of carbonyl (C=O) groups is 1. The van der Waals surface area contributed by atoms with Crippen LogP contribution in [0.4, 0.5) is 0 Å². The van der Waals surface area contributed by atoms with E-state index in [0.717, 1.165) is 31.5 Å². The molecule has 1 heterocycles. The lowest BCUT2D eigenvalue weighted by Gasteiger charge is -2.17. The fourth-order valence-electron chi connectivity index (χ4n) is 2.03. The van der Waals surface area contributed by atoms with E-state index in [1.807, 2.05) is 13.0 Å². The number of hydrogen-bond donors (Lipinski definition) is 1. The van der Waals surface area contributed by atoms with Gasteiger partial charge in [-0.25, -0.2) is 0 Å². The summed E-state index contributed by atoms with van der Waals surface area (Å²) < 4.78 is 0. The lowest BCUT2D eigenvalue weighted by molar-refractivity contribution is 0.0981. The quantitative estimate of drug-likeness (QED) is 0.764. The number of carbonyl (C=O) groups excluding carboxylic acids is 1. The Morgan fingerprint density at radius 1 is 1.40 bits per heavy atom. The van der Waals surface area contributed by atoms with Crippen LogP contribution >= 0.6 is 0 Å². The summed E-state index contributed by atoms with van der Waals surface area (Å²) in [6.45, 7) is 4.00. The first-order chi connectivity index (χ1) is 7.31. The number of hydrogen-bond acceptors (Lipinski definition) is 2. The minimum atomic E-state index is 0.269. The molecule has 0 amide bonds. The maximum absolute atomic E-state index is 11.7. The second-order valence-corrected chi connectivity index (χ2v) is 4.08. The highest BCUT2D eigenvalue weighted by molar-refractivity contribution is 5.96. The van der Waals surface area contributed by atoms with Crippen molar-refractivity contribution in [3.63, 3.8) is 0 Å². The molecular formula is C13H17NO. The van der Waals surface area contributed by atoms with Crippen LogP contribution in [0.1, 0.15) is 41.3 Å². The maximum atomic E-state index is 11.7. The van der Waals surface area contributed by atoms with E-state index < -0.39 is 0 Å². The Morgan fingerprint density at radius 2 is 2.27 bits per heavy atom. The number of rotatable bonds is 3. The normalized spacial score (nSPS) is 14.7. The third-order valence-electron chi connectivity index (χ3n) is 2.89. The van der Waals surface area contributed by atoms with Crippen LogP contribution in [-0.2, 0) is 13.0 Å². The van der Waals surface area contributed by atoms with Crippen LogP contribution in [0, 0.1) is 0 Å². The predicted molar refractivity (Wildman–Crippen MR) is 61.1 cm³/mol. The average molecular weight is 203 g/mol. The average Bonchev–Trinajstić information content (AvgIpc) is 2.29. The van der Waals surface area contributed by atoms with Gasteiger partial charge in [0.25, 0.3) is 0 Å². The summed E-state index contributed by atoms with van der Waals surface area (Å²) in [7, 11) is 0. The van der Waals surface area contributed by atoms with Crippen molar-refractivity contribution in [2.75, 3.05) is 6.54 Å². The second-order valence-electron chi connectivity index (χ2n) is 4.08. The molecule has 1 N–H and O–H groups in total. The molecule has 0 spiro atoms. The first kappa shape index (κ1) is 10.4. The van der Waals surface area contributed by atoms with Gasteiger partial charge in [-0.3, -0.25) is 4.79 Å². The van der Waals surface area contributed by atoms with Crippen molar-refractivity contribution in [1.29, 1.82) is 0 Å². The molecule has 0 atom stereocenters. The molecule has 0 saturated carbocycles. The third kappa shape index (κ3) is 2.26. The molecule has 80 valence electrons. The van der Waals surface area contributed by atoms with Crippen molar-refractivity contribution in [3.8, 4) is 0 Å². The molecule has 1 aromatic rings. The van der Waals surface area contributed by atoms with Gasteiger partial charge in [-0.2, -0.15) is 0 Å². The van der Waals surface area contributed by atoms with Gasteiger partial charge < -0.3 is 5.32 Å². The summed E-state index contributed by atoms with van der Waals surface area (Å²) in [5.41, 5.74) is 3.56. The first-order valence-corrected chi connectivity index (χ1v) is 5.67. The van der Waals surface area contributed by atoms with E-state index >= 15 is 0 Å². The summed E-state index contributed by atoms with van der Waals surface area (Å²) in [5.74, 6) is 0.269. The molecule has 1 aliphatic rings. The highest BCUT2D eigenvalue weighted by atomic mass is 16.1. The van der Waals surface area contributed by atoms with E-state index in [1.54, 1.807) is 0 Å². The van der Waals surface area contributed by atoms with Crippen molar-refractivity contribution in [2.45, 2.75) is 32.7 Å². The van der Waals surface area contributed by atoms with Crippen LogP contribution in [0.3, 0.4) is 0 Å². The number of Topliss-reactive ketones (excluding diaryl/α,β-unsaturated/α-hetero) is 1. The SMILES string of the molecule is CCCC(=O)c1ccc2c(c1)CNCC2. The van der Waals surface area contributed by atoms with Crippen molar-refractivity contribution < 1.29 is 4.79 Å². The Bertz CT molecular complexity index is 371. The van der Waals surface area contributed by atoms with Crippen LogP contribution in [0.25, 0.3) is 0 Å². The Balaban J connectivity index is 2.24. The minimum Gasteiger partial charge on any atom is -0.312 e. The summed E-state index contributed by atoms with van der Waals surface area (Å²) in [6.07, 6.45) is 2.66. The lowest BCUT2D eigenvalue weighted by Crippen LogP contribution is -2.23. The Labute approximate surface area is 90.7 Å². The molecular weight excluding hydrogens is 186 g/mol. The van der Waals surface area contributed by atoms with Gasteiger partial charge in [-0.05, 0) is 36.6 Å². The summed E-state index contributed by atoms with van der Waals surface area (Å²) in [4.78, 5) is 11.7. The largest absolute Gasteiger partial charge is 0.312 e. The smallest absolute Gasteiger partial charge is 0.162 e. The molecule has 15 heavy (non-hydrogen) atoms. The van der Waals surface area contributed by atoms with E-state index in [1.165, 1.54) is 11.1 Å². The molecule has 0 bridgehead atoms. The molecule has 0 radical (unpaired) electrons. The third-order valence-corrected chi connectivity index (χ3v) is 2.89. The Morgan fingerprint density at radius 3 is 3.07 bits per heavy atom. The number of fused-ring (bicyclic) bond motifs is 1. The Kier molecular flexibility index (Phi) is 3.17. The number of benzene rings is 1. The van der Waals surface area contributed by atoms with Crippen LogP contribution < -0.4 is 5.32 Å². The van der Waals surface area contributed by atoms with Gasteiger partial charge in [0, 0.05) is 18.5 Å². The van der Waals surface area contributed by atoms with Crippen LogP contribution in [0.2, 0.25) is 0 Å². The van der Waals surface area contributed by atoms with Crippen molar-refractivity contribution in [2.24, 2.45) is 0 Å². The molecule has 1 aromatic carbocycles. The second kappa shape index (κ2) is 4.58. The zero-order chi connectivity index (χ0) is 10.7. The molecule has 0 aromatic heterocycles. The molecule has 2 rings (SSSR count). The first-order valence-electron chi connectivity index (χ1n) is 5.67. The molecule has 1 aliphatic heterocycles. The highest BCUT2D eigenvalue weighted by Gasteiger charge is 2.11. The van der Waals surface area contributed by atoms with Gasteiger partial charge in [0.2, 0.25) is 0 Å². The lowest BCUT2D eigenvalue weighted by atomic mass is 9.96. The van der Waals surface area contributed by atoms with Crippen LogP contribution in [0.15, 0.2) is 18.2 Å². The van der Waals surface area contributed by atoms with Crippen LogP contribution in [0.5, 0.6) is 0 Å². The van der Waals surface area contributed by atoms with E-state index in [-0.39, 0.29) is 5.78 Å². The van der Waals surface area contributed by atoms with Crippen molar-refractivity contribution in [3.05, 3.63) is 34.9 Å². The van der Waals surface area contributed by atoms with Crippen molar-refractivity contribution in [1.82, 2.24) is 5.32 Å². The van der Waals surface area contributed by atoms with Gasteiger partial charge in [-0.1, -0.05) is 19.1 Å². The fraction of sp³-hybridized carbons (Fsp3) is 0.462. The van der Waals surface area contributed by atoms with Gasteiger partial charge >= 0.3 is 0 Å². The van der Waals surface area contributed by atoms with Gasteiger partial charge in [0.05, 0.1) is 0 Å². The highest BCUT2D eigenvalue weighted by Crippen LogP contribution is 2.17. The van der Waals surface area contributed by atoms with Gasteiger partial charge in [0.1, 0.15) is 0 Å². The Hall–Kier alpha value is -1.15. The van der Waals surface area contributed by atoms with Gasteiger partial charge in [0.15, 0.2) is 5.78 Å². The molecule has 0 unspecified atom stereocenters. The topological polar surface area (TPSA) is 29.1 Å². The number of nitrogens with one attached hydrogen (secondary N) is 1. The van der Waals surface area contributed by atoms with Crippen LogP contribution in [-0.4, -0.2) is 12.3 Å². The van der Waals surface area contributed by atoms with Gasteiger partial charge in [-0.15, -0.1) is 0 Å². The zero-order valence-electron chi connectivity index (χ0n) is 9.18. The van der Waals surface area contributed by atoms with E-state index in [0.29, 0.717) is 6.42 Å².